The molecule has 1 aliphatic heterocycles. The maximum atomic E-state index is 14.2. The van der Waals surface area contributed by atoms with Gasteiger partial charge in [-0.1, -0.05) is 36.4 Å². The normalized spacial score (nSPS) is 13.2. The van der Waals surface area contributed by atoms with Crippen molar-refractivity contribution < 1.29 is 9.18 Å². The van der Waals surface area contributed by atoms with Crippen LogP contribution >= 0.6 is 0 Å². The SMILES string of the molecule is Cc1cn(-c2cccc(C3=Nc4ccc(-c5ccccc5F)cc4NC(=O)C3)c2)c(C)n1. The first-order valence-electron chi connectivity index (χ1n) is 10.4. The van der Waals surface area contributed by atoms with Gasteiger partial charge in [0.25, 0.3) is 0 Å². The van der Waals surface area contributed by atoms with Crippen LogP contribution in [0.2, 0.25) is 0 Å². The van der Waals surface area contributed by atoms with Gasteiger partial charge in [-0.05, 0) is 55.3 Å². The number of hydrogen-bond donors (Lipinski definition) is 1. The predicted octanol–water partition coefficient (Wildman–Crippen LogP) is 5.76. The van der Waals surface area contributed by atoms with Crippen molar-refractivity contribution in [3.8, 4) is 16.8 Å². The number of aryl methyl sites for hydroxylation is 2. The Bertz CT molecular complexity index is 1390. The molecule has 0 bridgehead atoms. The highest BCUT2D eigenvalue weighted by molar-refractivity contribution is 6.17. The molecular formula is C26H21FN4O. The van der Waals surface area contributed by atoms with E-state index < -0.39 is 0 Å². The van der Waals surface area contributed by atoms with E-state index in [0.29, 0.717) is 28.2 Å². The zero-order chi connectivity index (χ0) is 22.2. The van der Waals surface area contributed by atoms with Crippen LogP contribution in [0.4, 0.5) is 15.8 Å². The van der Waals surface area contributed by atoms with Gasteiger partial charge in [0.15, 0.2) is 0 Å². The van der Waals surface area contributed by atoms with Crippen molar-refractivity contribution in [3.63, 3.8) is 0 Å². The van der Waals surface area contributed by atoms with Crippen LogP contribution in [0.15, 0.2) is 77.9 Å². The molecule has 0 unspecified atom stereocenters. The van der Waals surface area contributed by atoms with Crippen LogP contribution < -0.4 is 5.32 Å². The molecule has 158 valence electrons. The first-order valence-corrected chi connectivity index (χ1v) is 10.4. The summed E-state index contributed by atoms with van der Waals surface area (Å²) in [5.74, 6) is 0.429. The van der Waals surface area contributed by atoms with Gasteiger partial charge in [-0.3, -0.25) is 9.79 Å². The summed E-state index contributed by atoms with van der Waals surface area (Å²) >= 11 is 0. The molecule has 3 aromatic carbocycles. The molecule has 5 nitrogen and oxygen atoms in total. The molecule has 0 saturated carbocycles. The lowest BCUT2D eigenvalue weighted by molar-refractivity contribution is -0.115. The Balaban J connectivity index is 1.56. The van der Waals surface area contributed by atoms with E-state index in [1.54, 1.807) is 24.3 Å². The smallest absolute Gasteiger partial charge is 0.230 e. The molecular weight excluding hydrogens is 403 g/mol. The molecule has 0 fully saturated rings. The molecule has 32 heavy (non-hydrogen) atoms. The third kappa shape index (κ3) is 3.71. The molecule has 1 amide bonds. The quantitative estimate of drug-likeness (QED) is 0.455. The zero-order valence-corrected chi connectivity index (χ0v) is 17.8. The fourth-order valence-electron chi connectivity index (χ4n) is 4.01. The van der Waals surface area contributed by atoms with E-state index in [2.05, 4.69) is 10.3 Å². The van der Waals surface area contributed by atoms with E-state index in [9.17, 15) is 9.18 Å². The molecule has 0 spiro atoms. The highest BCUT2D eigenvalue weighted by Crippen LogP contribution is 2.34. The van der Waals surface area contributed by atoms with Gasteiger partial charge in [0.05, 0.1) is 29.2 Å². The van der Waals surface area contributed by atoms with E-state index in [-0.39, 0.29) is 18.1 Å². The third-order valence-electron chi connectivity index (χ3n) is 5.50. The monoisotopic (exact) mass is 424 g/mol. The van der Waals surface area contributed by atoms with E-state index in [1.807, 2.05) is 61.0 Å². The number of carbonyl (C=O) groups is 1. The Morgan fingerprint density at radius 2 is 1.81 bits per heavy atom. The summed E-state index contributed by atoms with van der Waals surface area (Å²) in [6, 6.07) is 19.9. The molecule has 1 aromatic heterocycles. The number of imidazole rings is 1. The molecule has 0 aliphatic carbocycles. The number of hydrogen-bond acceptors (Lipinski definition) is 3. The lowest BCUT2D eigenvalue weighted by atomic mass is 10.0. The van der Waals surface area contributed by atoms with Crippen molar-refractivity contribution in [3.05, 3.63) is 95.8 Å². The summed E-state index contributed by atoms with van der Waals surface area (Å²) in [4.78, 5) is 21.9. The van der Waals surface area contributed by atoms with E-state index >= 15 is 0 Å². The number of amides is 1. The minimum Gasteiger partial charge on any atom is -0.324 e. The number of halogens is 1. The van der Waals surface area contributed by atoms with E-state index in [0.717, 1.165) is 22.8 Å². The Hall–Kier alpha value is -4.06. The molecule has 2 heterocycles. The second kappa shape index (κ2) is 7.89. The van der Waals surface area contributed by atoms with Gasteiger partial charge >= 0.3 is 0 Å². The topological polar surface area (TPSA) is 59.3 Å². The van der Waals surface area contributed by atoms with Gasteiger partial charge in [0, 0.05) is 17.4 Å². The predicted molar refractivity (Wildman–Crippen MR) is 124 cm³/mol. The van der Waals surface area contributed by atoms with Crippen LogP contribution in [0.25, 0.3) is 16.8 Å². The van der Waals surface area contributed by atoms with Gasteiger partial charge in [-0.2, -0.15) is 0 Å². The molecule has 0 atom stereocenters. The summed E-state index contributed by atoms with van der Waals surface area (Å²) in [7, 11) is 0. The van der Waals surface area contributed by atoms with Crippen LogP contribution in [0.5, 0.6) is 0 Å². The molecule has 4 aromatic rings. The van der Waals surface area contributed by atoms with Crippen molar-refractivity contribution in [1.29, 1.82) is 0 Å². The van der Waals surface area contributed by atoms with Gasteiger partial charge < -0.3 is 9.88 Å². The lowest BCUT2D eigenvalue weighted by Crippen LogP contribution is -2.15. The number of benzene rings is 3. The molecule has 6 heteroatoms. The van der Waals surface area contributed by atoms with Gasteiger partial charge in [0.2, 0.25) is 5.91 Å². The van der Waals surface area contributed by atoms with Crippen molar-refractivity contribution >= 4 is 23.0 Å². The highest BCUT2D eigenvalue weighted by Gasteiger charge is 2.19. The molecule has 1 N–H and O–H groups in total. The number of carbonyl (C=O) groups excluding carboxylic acids is 1. The average molecular weight is 424 g/mol. The molecule has 0 radical (unpaired) electrons. The van der Waals surface area contributed by atoms with Crippen molar-refractivity contribution in [2.75, 3.05) is 5.32 Å². The molecule has 0 saturated heterocycles. The number of anilines is 1. The largest absolute Gasteiger partial charge is 0.324 e. The lowest BCUT2D eigenvalue weighted by Gasteiger charge is -2.09. The summed E-state index contributed by atoms with van der Waals surface area (Å²) in [6.07, 6.45) is 2.13. The summed E-state index contributed by atoms with van der Waals surface area (Å²) < 4.78 is 16.3. The average Bonchev–Trinajstić information content (AvgIpc) is 3.02. The Kier molecular flexibility index (Phi) is 4.90. The Labute approximate surface area is 185 Å². The second-order valence-corrected chi connectivity index (χ2v) is 7.85. The third-order valence-corrected chi connectivity index (χ3v) is 5.50. The Morgan fingerprint density at radius 3 is 2.59 bits per heavy atom. The minimum atomic E-state index is -0.307. The van der Waals surface area contributed by atoms with Gasteiger partial charge in [-0.25, -0.2) is 9.37 Å². The number of aliphatic imine (C=N–C) groups is 1. The fourth-order valence-corrected chi connectivity index (χ4v) is 4.01. The molecule has 5 rings (SSSR count). The van der Waals surface area contributed by atoms with Crippen molar-refractivity contribution in [1.82, 2.24) is 9.55 Å². The van der Waals surface area contributed by atoms with Crippen LogP contribution in [-0.4, -0.2) is 21.2 Å². The maximum Gasteiger partial charge on any atom is 0.230 e. The minimum absolute atomic E-state index is 0.148. The highest BCUT2D eigenvalue weighted by atomic mass is 19.1. The van der Waals surface area contributed by atoms with Crippen LogP contribution in [-0.2, 0) is 4.79 Å². The Morgan fingerprint density at radius 1 is 0.969 bits per heavy atom. The fraction of sp³-hybridized carbons (Fsp3) is 0.115. The summed E-state index contributed by atoms with van der Waals surface area (Å²) in [5, 5.41) is 2.92. The first-order chi connectivity index (χ1) is 15.5. The zero-order valence-electron chi connectivity index (χ0n) is 17.8. The van der Waals surface area contributed by atoms with Crippen molar-refractivity contribution in [2.24, 2.45) is 4.99 Å². The van der Waals surface area contributed by atoms with Crippen LogP contribution in [0, 0.1) is 19.7 Å². The molecule has 1 aliphatic rings. The number of aromatic nitrogens is 2. The second-order valence-electron chi connectivity index (χ2n) is 7.85. The van der Waals surface area contributed by atoms with Gasteiger partial charge in [0.1, 0.15) is 11.6 Å². The maximum absolute atomic E-state index is 14.2. The van der Waals surface area contributed by atoms with E-state index in [1.165, 1.54) is 6.07 Å². The number of rotatable bonds is 3. The number of nitrogens with zero attached hydrogens (tertiary/aromatic N) is 3. The standard InChI is InChI=1S/C26H21FN4O/c1-16-15-31(17(2)28-16)20-7-5-6-19(12-20)24-14-26(32)30-25-13-18(10-11-23(25)29-24)21-8-3-4-9-22(21)27/h3-13,15H,14H2,1-2H3,(H,30,32). The van der Waals surface area contributed by atoms with Gasteiger partial charge in [-0.15, -0.1) is 0 Å². The summed E-state index contributed by atoms with van der Waals surface area (Å²) in [5.41, 5.74) is 5.84. The number of nitrogens with one attached hydrogen (secondary N) is 1. The number of fused-ring (bicyclic) bond motifs is 1. The van der Waals surface area contributed by atoms with Crippen LogP contribution in [0.1, 0.15) is 23.5 Å². The summed E-state index contributed by atoms with van der Waals surface area (Å²) in [6.45, 7) is 3.92. The van der Waals surface area contributed by atoms with Crippen LogP contribution in [0.3, 0.4) is 0 Å². The first kappa shape index (κ1) is 19.9. The van der Waals surface area contributed by atoms with Crippen molar-refractivity contribution in [2.45, 2.75) is 20.3 Å². The van der Waals surface area contributed by atoms with E-state index in [4.69, 9.17) is 4.99 Å².